The van der Waals surface area contributed by atoms with Crippen LogP contribution >= 0.6 is 0 Å². The number of aliphatic carboxylic acids is 1. The molecule has 5 aliphatic heterocycles. The van der Waals surface area contributed by atoms with E-state index in [1.54, 1.807) is 19.1 Å². The Labute approximate surface area is 323 Å². The number of carboxylic acid groups (broad SMARTS) is 1. The lowest BCUT2D eigenvalue weighted by molar-refractivity contribution is -0.409. The molecule has 310 valence electrons. The van der Waals surface area contributed by atoms with Crippen LogP contribution in [0.4, 0.5) is 0 Å². The average molecular weight is 764 g/mol. The summed E-state index contributed by atoms with van der Waals surface area (Å²) >= 11 is 0. The second kappa shape index (κ2) is 16.4. The van der Waals surface area contributed by atoms with Crippen molar-refractivity contribution in [3.8, 4) is 0 Å². The van der Waals surface area contributed by atoms with Gasteiger partial charge >= 0.3 is 0 Å². The number of carboxylic acids is 1. The van der Waals surface area contributed by atoms with Gasteiger partial charge in [-0.05, 0) is 95.1 Å². The first-order chi connectivity index (χ1) is 25.2. The molecule has 4 fully saturated rings. The lowest BCUT2D eigenvalue weighted by Gasteiger charge is -2.54. The number of ketones is 1. The number of rotatable bonds is 12. The van der Waals surface area contributed by atoms with Gasteiger partial charge in [0.25, 0.3) is 0 Å². The number of Topliss-reactive ketones (excluding diaryl/α,β-unsaturated/α-hetero) is 1. The first kappa shape index (κ1) is 43.7. The first-order valence-corrected chi connectivity index (χ1v) is 21.1. The molecule has 0 aliphatic carbocycles. The van der Waals surface area contributed by atoms with Crippen LogP contribution in [0.15, 0.2) is 12.2 Å². The minimum absolute atomic E-state index is 0.00449. The summed E-state index contributed by atoms with van der Waals surface area (Å²) in [6, 6.07) is 0. The van der Waals surface area contributed by atoms with Crippen molar-refractivity contribution >= 4 is 11.8 Å². The van der Waals surface area contributed by atoms with E-state index in [1.165, 1.54) is 0 Å². The number of carbonyl (C=O) groups excluding carboxylic acids is 2. The highest BCUT2D eigenvalue weighted by molar-refractivity contribution is 5.84. The number of hydrogen-bond donors (Lipinski definition) is 3. The van der Waals surface area contributed by atoms with E-state index in [-0.39, 0.29) is 41.7 Å². The third-order valence-corrected chi connectivity index (χ3v) is 14.8. The van der Waals surface area contributed by atoms with E-state index in [0.717, 1.165) is 6.42 Å². The second-order valence-corrected chi connectivity index (χ2v) is 18.5. The van der Waals surface area contributed by atoms with Crippen molar-refractivity contribution in [2.24, 2.45) is 47.3 Å². The van der Waals surface area contributed by atoms with E-state index in [9.17, 15) is 30.0 Å². The van der Waals surface area contributed by atoms with Gasteiger partial charge in [-0.25, -0.2) is 0 Å². The van der Waals surface area contributed by atoms with Crippen molar-refractivity contribution in [3.05, 3.63) is 12.2 Å². The minimum Gasteiger partial charge on any atom is -0.550 e. The number of aliphatic hydroxyl groups is 3. The summed E-state index contributed by atoms with van der Waals surface area (Å²) < 4.78 is 33.6. The molecule has 0 aromatic rings. The molecule has 0 saturated carbocycles. The topological polar surface area (TPSA) is 164 Å². The Morgan fingerprint density at radius 1 is 0.870 bits per heavy atom. The third kappa shape index (κ3) is 7.88. The largest absolute Gasteiger partial charge is 0.550 e. The summed E-state index contributed by atoms with van der Waals surface area (Å²) in [6.07, 6.45) is 4.51. The molecule has 0 radical (unpaired) electrons. The Morgan fingerprint density at radius 2 is 1.50 bits per heavy atom. The molecule has 2 spiro atoms. The number of aliphatic hydroxyl groups excluding tert-OH is 2. The fourth-order valence-electron chi connectivity index (χ4n) is 10.9. The van der Waals surface area contributed by atoms with Crippen molar-refractivity contribution in [3.63, 3.8) is 0 Å². The van der Waals surface area contributed by atoms with Gasteiger partial charge in [-0.1, -0.05) is 62.3 Å². The Balaban J connectivity index is 1.32. The maximum Gasteiger partial charge on any atom is 0.202 e. The summed E-state index contributed by atoms with van der Waals surface area (Å²) in [5.74, 6) is -6.29. The molecule has 4 saturated heterocycles. The van der Waals surface area contributed by atoms with Gasteiger partial charge in [-0.2, -0.15) is 0 Å². The Kier molecular flexibility index (Phi) is 13.3. The van der Waals surface area contributed by atoms with Crippen LogP contribution in [-0.2, 0) is 33.3 Å². The van der Waals surface area contributed by atoms with Gasteiger partial charge in [0, 0.05) is 42.0 Å². The highest BCUT2D eigenvalue weighted by Crippen LogP contribution is 2.54. The van der Waals surface area contributed by atoms with Gasteiger partial charge in [0.05, 0.1) is 47.8 Å². The van der Waals surface area contributed by atoms with E-state index in [4.69, 9.17) is 23.7 Å². The van der Waals surface area contributed by atoms with Crippen LogP contribution < -0.4 is 5.11 Å². The van der Waals surface area contributed by atoms with E-state index < -0.39 is 82.9 Å². The predicted molar refractivity (Wildman–Crippen MR) is 201 cm³/mol. The van der Waals surface area contributed by atoms with Gasteiger partial charge in [0.2, 0.25) is 5.79 Å². The number of ether oxygens (including phenoxy) is 5. The van der Waals surface area contributed by atoms with Crippen molar-refractivity contribution in [1.82, 2.24) is 0 Å². The maximum absolute atomic E-state index is 14.5. The molecule has 5 aliphatic rings. The fourth-order valence-corrected chi connectivity index (χ4v) is 10.9. The number of hydrogen-bond acceptors (Lipinski definition) is 11. The minimum atomic E-state index is -1.38. The van der Waals surface area contributed by atoms with E-state index in [2.05, 4.69) is 20.8 Å². The molecule has 3 N–H and O–H groups in total. The SMILES string of the molecule is CC[C@@H](C(=O)[O-])[C@@H]1O[C@@H]([C@@H](C)[C@H](O)[C@H](C)C(=O)[C@H](CC)[C@H]2O[C@]3(C=C[C@@H](O)[C@]4(CC[C@@](C)([C@H]5CC[C@](O)(CC)C(C)O5)O4)O3)[C@H](C)C[C@@H]2C)[C@@H](C)C[C@@H]1C. The lowest BCUT2D eigenvalue weighted by Crippen LogP contribution is -2.63. The van der Waals surface area contributed by atoms with Crippen molar-refractivity contribution in [2.75, 3.05) is 0 Å². The van der Waals surface area contributed by atoms with Gasteiger partial charge in [-0.3, -0.25) is 4.79 Å². The highest BCUT2D eigenvalue weighted by Gasteiger charge is 2.63. The zero-order valence-electron chi connectivity index (χ0n) is 34.8. The molecule has 0 aromatic carbocycles. The Morgan fingerprint density at radius 3 is 2.09 bits per heavy atom. The quantitative estimate of drug-likeness (QED) is 0.227. The van der Waals surface area contributed by atoms with E-state index in [0.29, 0.717) is 51.4 Å². The average Bonchev–Trinajstić information content (AvgIpc) is 3.47. The molecule has 11 heteroatoms. The molecular formula is C43H71O11-. The Hall–Kier alpha value is -1.44. The van der Waals surface area contributed by atoms with E-state index >= 15 is 0 Å². The summed E-state index contributed by atoms with van der Waals surface area (Å²) in [4.78, 5) is 26.4. The second-order valence-electron chi connectivity index (χ2n) is 18.5. The van der Waals surface area contributed by atoms with Gasteiger partial charge in [-0.15, -0.1) is 0 Å². The summed E-state index contributed by atoms with van der Waals surface area (Å²) in [6.45, 7) is 21.5. The van der Waals surface area contributed by atoms with Crippen LogP contribution in [0.3, 0.4) is 0 Å². The maximum atomic E-state index is 14.5. The zero-order valence-corrected chi connectivity index (χ0v) is 34.8. The summed E-state index contributed by atoms with van der Waals surface area (Å²) in [5.41, 5.74) is -1.64. The molecule has 5 heterocycles. The van der Waals surface area contributed by atoms with Crippen LogP contribution in [-0.4, -0.2) is 92.6 Å². The molecule has 0 aromatic heterocycles. The van der Waals surface area contributed by atoms with E-state index in [1.807, 2.05) is 48.5 Å². The number of carbonyl (C=O) groups is 2. The molecule has 0 bridgehead atoms. The highest BCUT2D eigenvalue weighted by atomic mass is 16.8. The lowest BCUT2D eigenvalue weighted by atomic mass is 9.72. The van der Waals surface area contributed by atoms with Crippen molar-refractivity contribution < 1.29 is 53.7 Å². The van der Waals surface area contributed by atoms with Crippen LogP contribution in [0, 0.1) is 47.3 Å². The summed E-state index contributed by atoms with van der Waals surface area (Å²) in [7, 11) is 0. The first-order valence-electron chi connectivity index (χ1n) is 21.1. The molecule has 19 atom stereocenters. The standard InChI is InChI=1S/C43H72O11/c1-12-30(35(46)27(8)34(45)28(9)36-23(4)21-24(5)37(51-36)31(13-2)39(47)48)38-25(6)22-26(7)42(52-38)18-15-32(44)43(54-42)20-19-40(11,53-43)33-16-17-41(49,14-3)29(10)50-33/h15,18,23-34,36-38,44-45,49H,12-14,16-17,19-22H2,1-11H3,(H,47,48)/p-1/t23-,24-,25-,26+,27-,28-,29?,30-,31+,32+,33+,34+,36+,37+,38-,40-,41+,42-,43-/m0/s1. The monoisotopic (exact) mass is 764 g/mol. The van der Waals surface area contributed by atoms with Crippen LogP contribution in [0.2, 0.25) is 0 Å². The normalized spacial score (nSPS) is 46.9. The Bertz CT molecular complexity index is 1360. The molecule has 0 amide bonds. The molecule has 5 rings (SSSR count). The predicted octanol–water partition coefficient (Wildman–Crippen LogP) is 5.10. The summed E-state index contributed by atoms with van der Waals surface area (Å²) in [5, 5.41) is 46.2. The molecule has 54 heavy (non-hydrogen) atoms. The van der Waals surface area contributed by atoms with Gasteiger partial charge in [0.1, 0.15) is 11.9 Å². The van der Waals surface area contributed by atoms with Crippen LogP contribution in [0.1, 0.15) is 134 Å². The fraction of sp³-hybridized carbons (Fsp3) is 0.907. The van der Waals surface area contributed by atoms with Crippen molar-refractivity contribution in [1.29, 1.82) is 0 Å². The third-order valence-electron chi connectivity index (χ3n) is 14.8. The molecule has 1 unspecified atom stereocenters. The zero-order chi connectivity index (χ0) is 40.1. The van der Waals surface area contributed by atoms with Crippen LogP contribution in [0.25, 0.3) is 0 Å². The smallest absolute Gasteiger partial charge is 0.202 e. The molecular weight excluding hydrogens is 692 g/mol. The van der Waals surface area contributed by atoms with Gasteiger partial charge in [0.15, 0.2) is 5.79 Å². The molecule has 11 nitrogen and oxygen atoms in total. The van der Waals surface area contributed by atoms with Gasteiger partial charge < -0.3 is 48.9 Å². The van der Waals surface area contributed by atoms with Crippen LogP contribution in [0.5, 0.6) is 0 Å². The van der Waals surface area contributed by atoms with Crippen molar-refractivity contribution in [2.45, 2.75) is 199 Å².